The van der Waals surface area contributed by atoms with Crippen LogP contribution in [0.25, 0.3) is 0 Å². The molecule has 1 aliphatic rings. The summed E-state index contributed by atoms with van der Waals surface area (Å²) in [5.41, 5.74) is 0.197. The Morgan fingerprint density at radius 2 is 1.65 bits per heavy atom. The molecular weight excluding hydrogens is 405 g/mol. The lowest BCUT2D eigenvalue weighted by atomic mass is 10.5. The third kappa shape index (κ3) is 6.27. The van der Waals surface area contributed by atoms with Gasteiger partial charge in [-0.05, 0) is 35.7 Å². The van der Waals surface area contributed by atoms with Crippen molar-refractivity contribution in [3.05, 3.63) is 0 Å². The number of hydrogen-bond donors (Lipinski definition) is 0. The Hall–Kier alpha value is 0.780. The summed E-state index contributed by atoms with van der Waals surface area (Å²) in [4.78, 5) is 9.13. The van der Waals surface area contributed by atoms with E-state index in [0.717, 1.165) is 31.3 Å². The zero-order chi connectivity index (χ0) is 14.4. The predicted octanol–water partition coefficient (Wildman–Crippen LogP) is 2.32. The molecule has 0 aliphatic carbocycles. The van der Waals surface area contributed by atoms with Crippen molar-refractivity contribution in [3.8, 4) is 0 Å². The molecule has 0 aromatic heterocycles. The van der Waals surface area contributed by atoms with Crippen LogP contribution >= 0.6 is 45.6 Å². The maximum absolute atomic E-state index is 4.82. The predicted molar refractivity (Wildman–Crippen MR) is 104 cm³/mol. The number of likely N-dealkylation sites (N-methyl/N-ethyl adjacent to an activating group) is 1. The standard InChI is InChI=1S/C12H27N5S2.HI/c1-7-16(8-2)17(10-9-14(3)4)12-13-11(15(5)6)18-19-12;/h12H,7-10H2,1-6H3;1H. The molecule has 0 saturated carbocycles. The molecule has 5 nitrogen and oxygen atoms in total. The van der Waals surface area contributed by atoms with E-state index in [2.05, 4.69) is 61.9 Å². The monoisotopic (exact) mass is 433 g/mol. The van der Waals surface area contributed by atoms with Crippen LogP contribution < -0.4 is 0 Å². The van der Waals surface area contributed by atoms with Crippen LogP contribution in [0.4, 0.5) is 0 Å². The molecule has 0 N–H and O–H groups in total. The molecule has 0 bridgehead atoms. The Balaban J connectivity index is 0.00000361. The minimum atomic E-state index is 0. The van der Waals surface area contributed by atoms with Crippen LogP contribution in [0, 0.1) is 0 Å². The van der Waals surface area contributed by atoms with E-state index >= 15 is 0 Å². The summed E-state index contributed by atoms with van der Waals surface area (Å²) in [7, 11) is 11.9. The van der Waals surface area contributed by atoms with Gasteiger partial charge in [-0.25, -0.2) is 15.0 Å². The fraction of sp³-hybridized carbons (Fsp3) is 0.917. The van der Waals surface area contributed by atoms with Gasteiger partial charge in [0, 0.05) is 40.3 Å². The van der Waals surface area contributed by atoms with Gasteiger partial charge in [0.05, 0.1) is 0 Å². The van der Waals surface area contributed by atoms with E-state index in [9.17, 15) is 0 Å². The molecule has 0 amide bonds. The number of nitrogens with zero attached hydrogens (tertiary/aromatic N) is 5. The number of rotatable bonds is 7. The molecule has 0 fully saturated rings. The maximum Gasteiger partial charge on any atom is 0.175 e. The first-order valence-electron chi connectivity index (χ1n) is 6.74. The minimum absolute atomic E-state index is 0. The third-order valence-corrected chi connectivity index (χ3v) is 5.43. The lowest BCUT2D eigenvalue weighted by Gasteiger charge is -2.36. The second-order valence-corrected chi connectivity index (χ2v) is 7.14. The average molecular weight is 433 g/mol. The maximum atomic E-state index is 4.82. The molecule has 8 heteroatoms. The highest BCUT2D eigenvalue weighted by atomic mass is 127. The Morgan fingerprint density at radius 3 is 2.05 bits per heavy atom. The molecule has 1 heterocycles. The van der Waals surface area contributed by atoms with Crippen molar-refractivity contribution in [3.63, 3.8) is 0 Å². The molecular formula is C12H28IN5S2. The fourth-order valence-corrected chi connectivity index (χ4v) is 4.34. The zero-order valence-electron chi connectivity index (χ0n) is 13.4. The summed E-state index contributed by atoms with van der Waals surface area (Å²) >= 11 is 0. The van der Waals surface area contributed by atoms with Gasteiger partial charge in [0.2, 0.25) is 0 Å². The number of amidine groups is 1. The number of aliphatic imine (C=N–C) groups is 1. The van der Waals surface area contributed by atoms with Crippen LogP contribution in [0.2, 0.25) is 0 Å². The number of hydrazine groups is 1. The van der Waals surface area contributed by atoms with E-state index in [0.29, 0.717) is 0 Å². The first-order chi connectivity index (χ1) is 8.99. The van der Waals surface area contributed by atoms with Crippen molar-refractivity contribution >= 4 is 50.7 Å². The molecule has 1 atom stereocenters. The molecule has 0 radical (unpaired) electrons. The second-order valence-electron chi connectivity index (χ2n) is 4.92. The quantitative estimate of drug-likeness (QED) is 0.347. The minimum Gasteiger partial charge on any atom is -0.357 e. The molecule has 0 aromatic rings. The summed E-state index contributed by atoms with van der Waals surface area (Å²) < 4.78 is 0. The van der Waals surface area contributed by atoms with E-state index in [1.54, 1.807) is 10.8 Å². The lowest BCUT2D eigenvalue weighted by Crippen LogP contribution is -2.49. The lowest BCUT2D eigenvalue weighted by molar-refractivity contribution is -0.0278. The van der Waals surface area contributed by atoms with Gasteiger partial charge in [0.15, 0.2) is 10.7 Å². The van der Waals surface area contributed by atoms with Gasteiger partial charge in [-0.1, -0.05) is 13.8 Å². The van der Waals surface area contributed by atoms with Gasteiger partial charge < -0.3 is 9.80 Å². The van der Waals surface area contributed by atoms with Gasteiger partial charge >= 0.3 is 0 Å². The molecule has 0 aromatic carbocycles. The molecule has 1 aliphatic heterocycles. The van der Waals surface area contributed by atoms with Crippen molar-refractivity contribution in [2.75, 3.05) is 54.4 Å². The summed E-state index contributed by atoms with van der Waals surface area (Å²) in [5.74, 6) is 0. The van der Waals surface area contributed by atoms with Crippen LogP contribution in [-0.4, -0.2) is 84.9 Å². The molecule has 120 valence electrons. The van der Waals surface area contributed by atoms with E-state index in [1.165, 1.54) is 0 Å². The van der Waals surface area contributed by atoms with Crippen molar-refractivity contribution in [1.82, 2.24) is 19.8 Å². The zero-order valence-corrected chi connectivity index (χ0v) is 17.3. The van der Waals surface area contributed by atoms with Crippen LogP contribution in [-0.2, 0) is 0 Å². The Morgan fingerprint density at radius 1 is 1.05 bits per heavy atom. The molecule has 1 rings (SSSR count). The summed E-state index contributed by atoms with van der Waals surface area (Å²) in [6.07, 6.45) is 0. The Labute approximate surface area is 148 Å². The first-order valence-corrected chi connectivity index (χ1v) is 8.95. The van der Waals surface area contributed by atoms with Crippen molar-refractivity contribution < 1.29 is 0 Å². The van der Waals surface area contributed by atoms with Gasteiger partial charge in [0.1, 0.15) is 0 Å². The Kier molecular flexibility index (Phi) is 10.9. The van der Waals surface area contributed by atoms with Gasteiger partial charge in [0.25, 0.3) is 0 Å². The highest BCUT2D eigenvalue weighted by Crippen LogP contribution is 2.38. The van der Waals surface area contributed by atoms with E-state index < -0.39 is 0 Å². The van der Waals surface area contributed by atoms with Gasteiger partial charge in [-0.15, -0.1) is 24.0 Å². The smallest absolute Gasteiger partial charge is 0.175 e. The molecule has 20 heavy (non-hydrogen) atoms. The molecule has 1 unspecified atom stereocenters. The largest absolute Gasteiger partial charge is 0.357 e. The van der Waals surface area contributed by atoms with Crippen molar-refractivity contribution in [2.24, 2.45) is 4.99 Å². The van der Waals surface area contributed by atoms with E-state index in [4.69, 9.17) is 4.99 Å². The van der Waals surface area contributed by atoms with Crippen LogP contribution in [0.1, 0.15) is 13.8 Å². The van der Waals surface area contributed by atoms with Crippen LogP contribution in [0.15, 0.2) is 4.99 Å². The van der Waals surface area contributed by atoms with Crippen LogP contribution in [0.5, 0.6) is 0 Å². The van der Waals surface area contributed by atoms with E-state index in [-0.39, 0.29) is 29.5 Å². The van der Waals surface area contributed by atoms with Crippen molar-refractivity contribution in [1.29, 1.82) is 0 Å². The number of hydrogen-bond acceptors (Lipinski definition) is 7. The topological polar surface area (TPSA) is 25.3 Å². The highest BCUT2D eigenvalue weighted by Gasteiger charge is 2.29. The fourth-order valence-electron chi connectivity index (χ4n) is 1.81. The van der Waals surface area contributed by atoms with Crippen LogP contribution in [0.3, 0.4) is 0 Å². The van der Waals surface area contributed by atoms with Gasteiger partial charge in [-0.2, -0.15) is 0 Å². The SMILES string of the molecule is CCN(CC)N(CCN(C)C)C1N=C(N(C)C)SS1.I. The number of halogens is 1. The van der Waals surface area contributed by atoms with Crippen molar-refractivity contribution in [2.45, 2.75) is 19.3 Å². The summed E-state index contributed by atoms with van der Waals surface area (Å²) in [6.45, 7) is 8.52. The summed E-state index contributed by atoms with van der Waals surface area (Å²) in [6, 6.07) is 0. The Bertz CT molecular complexity index is 298. The van der Waals surface area contributed by atoms with Gasteiger partial charge in [-0.3, -0.25) is 0 Å². The summed E-state index contributed by atoms with van der Waals surface area (Å²) in [5, 5.41) is 5.88. The average Bonchev–Trinajstić information content (AvgIpc) is 2.83. The molecule has 0 saturated heterocycles. The molecule has 0 spiro atoms. The first kappa shape index (κ1) is 20.8. The van der Waals surface area contributed by atoms with E-state index in [1.807, 2.05) is 10.8 Å². The normalized spacial score (nSPS) is 18.6. The second kappa shape index (κ2) is 10.5. The highest BCUT2D eigenvalue weighted by molar-refractivity contribution is 14.0. The third-order valence-electron chi connectivity index (χ3n) is 2.94.